The number of piperazine rings is 1. The average Bonchev–Trinajstić information content (AvgIpc) is 3.17. The van der Waals surface area contributed by atoms with Gasteiger partial charge in [0.05, 0.1) is 7.11 Å². The van der Waals surface area contributed by atoms with Crippen molar-refractivity contribution in [1.29, 1.82) is 0 Å². The Morgan fingerprint density at radius 2 is 1.83 bits per heavy atom. The van der Waals surface area contributed by atoms with Crippen LogP contribution in [-0.4, -0.2) is 48.1 Å². The van der Waals surface area contributed by atoms with Crippen molar-refractivity contribution in [3.05, 3.63) is 77.6 Å². The summed E-state index contributed by atoms with van der Waals surface area (Å²) in [5, 5.41) is 1.30. The van der Waals surface area contributed by atoms with Crippen molar-refractivity contribution in [1.82, 2.24) is 14.8 Å². The largest absolute Gasteiger partial charge is 0.496 e. The highest BCUT2D eigenvalue weighted by molar-refractivity contribution is 5.83. The zero-order valence-electron chi connectivity index (χ0n) is 18.4. The lowest BCUT2D eigenvalue weighted by Gasteiger charge is -2.37. The number of ether oxygens (including phenoxy) is 1. The number of H-pyrrole nitrogens is 1. The fourth-order valence-electron chi connectivity index (χ4n) is 4.35. The van der Waals surface area contributed by atoms with Crippen LogP contribution in [0.15, 0.2) is 60.9 Å². The van der Waals surface area contributed by atoms with Gasteiger partial charge in [-0.25, -0.2) is 0 Å². The Labute approximate surface area is 180 Å². The molecule has 0 radical (unpaired) electrons. The van der Waals surface area contributed by atoms with E-state index in [0.717, 1.165) is 44.9 Å². The summed E-state index contributed by atoms with van der Waals surface area (Å²) in [6.45, 7) is 13.9. The maximum absolute atomic E-state index is 5.62. The van der Waals surface area contributed by atoms with Crippen molar-refractivity contribution < 1.29 is 4.74 Å². The normalized spacial score (nSPS) is 15.1. The van der Waals surface area contributed by atoms with Gasteiger partial charge in [0.15, 0.2) is 0 Å². The molecular weight excluding hydrogens is 370 g/mol. The maximum atomic E-state index is 5.62. The van der Waals surface area contributed by atoms with Crippen LogP contribution in [0, 0.1) is 0 Å². The number of aromatic amines is 1. The smallest absolute Gasteiger partial charge is 0.123 e. The first-order chi connectivity index (χ1) is 14.5. The van der Waals surface area contributed by atoms with Crippen molar-refractivity contribution >= 4 is 10.9 Å². The van der Waals surface area contributed by atoms with Gasteiger partial charge in [-0.2, -0.15) is 0 Å². The number of allylic oxidation sites excluding steroid dienone is 1. The number of nitrogens with zero attached hydrogens (tertiary/aromatic N) is 2. The molecule has 4 rings (SSSR count). The van der Waals surface area contributed by atoms with E-state index in [1.165, 1.54) is 33.3 Å². The summed E-state index contributed by atoms with van der Waals surface area (Å²) >= 11 is 0. The highest BCUT2D eigenvalue weighted by Gasteiger charge is 2.20. The van der Waals surface area contributed by atoms with E-state index in [4.69, 9.17) is 4.74 Å². The zero-order valence-corrected chi connectivity index (χ0v) is 18.4. The van der Waals surface area contributed by atoms with Gasteiger partial charge in [0.2, 0.25) is 0 Å². The van der Waals surface area contributed by atoms with Crippen molar-refractivity contribution in [2.45, 2.75) is 32.7 Å². The summed E-state index contributed by atoms with van der Waals surface area (Å²) in [5.41, 5.74) is 6.39. The van der Waals surface area contributed by atoms with Gasteiger partial charge >= 0.3 is 0 Å². The number of aromatic nitrogens is 1. The van der Waals surface area contributed by atoms with E-state index in [2.05, 4.69) is 83.9 Å². The minimum Gasteiger partial charge on any atom is -0.496 e. The SMILES string of the molecule is C=C(Cc1c[nH]c2ccccc12)N1CCN(Cc2cc(C(C)C)ccc2OC)CC1. The molecule has 0 bridgehead atoms. The molecule has 1 N–H and O–H groups in total. The van der Waals surface area contributed by atoms with Crippen molar-refractivity contribution in [3.8, 4) is 5.75 Å². The minimum atomic E-state index is 0.527. The van der Waals surface area contributed by atoms with Crippen LogP contribution >= 0.6 is 0 Å². The third-order valence-corrected chi connectivity index (χ3v) is 6.25. The Kier molecular flexibility index (Phi) is 6.14. The summed E-state index contributed by atoms with van der Waals surface area (Å²) in [4.78, 5) is 8.34. The zero-order chi connectivity index (χ0) is 21.1. The summed E-state index contributed by atoms with van der Waals surface area (Å²) in [5.74, 6) is 1.52. The molecule has 3 aromatic rings. The third-order valence-electron chi connectivity index (χ3n) is 6.25. The molecule has 30 heavy (non-hydrogen) atoms. The Bertz CT molecular complexity index is 1010. The van der Waals surface area contributed by atoms with E-state index in [1.807, 2.05) is 0 Å². The first kappa shape index (κ1) is 20.5. The fraction of sp³-hybridized carbons (Fsp3) is 0.385. The number of nitrogens with one attached hydrogen (secondary N) is 1. The van der Waals surface area contributed by atoms with Gasteiger partial charge in [-0.3, -0.25) is 4.90 Å². The molecule has 2 heterocycles. The number of rotatable bonds is 7. The maximum Gasteiger partial charge on any atom is 0.123 e. The lowest BCUT2D eigenvalue weighted by Crippen LogP contribution is -2.45. The second-order valence-corrected chi connectivity index (χ2v) is 8.59. The number of para-hydroxylation sites is 1. The standard InChI is InChI=1S/C26H33N3O/c1-19(2)21-9-10-26(30-4)23(16-21)18-28-11-13-29(14-12-28)20(3)15-22-17-27-25-8-6-5-7-24(22)25/h5-10,16-17,19,27H,3,11-15,18H2,1-2,4H3. The molecule has 0 spiro atoms. The van der Waals surface area contributed by atoms with Gasteiger partial charge in [0.25, 0.3) is 0 Å². The summed E-state index contributed by atoms with van der Waals surface area (Å²) in [7, 11) is 1.76. The quantitative estimate of drug-likeness (QED) is 0.590. The number of methoxy groups -OCH3 is 1. The van der Waals surface area contributed by atoms with Crippen molar-refractivity contribution in [3.63, 3.8) is 0 Å². The van der Waals surface area contributed by atoms with E-state index in [0.29, 0.717) is 5.92 Å². The molecular formula is C26H33N3O. The molecule has 1 saturated heterocycles. The van der Waals surface area contributed by atoms with Gasteiger partial charge < -0.3 is 14.6 Å². The highest BCUT2D eigenvalue weighted by atomic mass is 16.5. The van der Waals surface area contributed by atoms with Gasteiger partial charge in [-0.15, -0.1) is 0 Å². The van der Waals surface area contributed by atoms with Crippen LogP contribution in [-0.2, 0) is 13.0 Å². The van der Waals surface area contributed by atoms with Crippen LogP contribution in [0.25, 0.3) is 10.9 Å². The second-order valence-electron chi connectivity index (χ2n) is 8.59. The Morgan fingerprint density at radius 3 is 2.57 bits per heavy atom. The van der Waals surface area contributed by atoms with E-state index in [9.17, 15) is 0 Å². The molecule has 4 nitrogen and oxygen atoms in total. The molecule has 2 aromatic carbocycles. The molecule has 0 unspecified atom stereocenters. The van der Waals surface area contributed by atoms with Crippen molar-refractivity contribution in [2.24, 2.45) is 0 Å². The van der Waals surface area contributed by atoms with Crippen LogP contribution in [0.3, 0.4) is 0 Å². The third kappa shape index (κ3) is 4.39. The molecule has 1 aliphatic rings. The molecule has 1 aliphatic heterocycles. The van der Waals surface area contributed by atoms with E-state index >= 15 is 0 Å². The highest BCUT2D eigenvalue weighted by Crippen LogP contribution is 2.26. The summed E-state index contributed by atoms with van der Waals surface area (Å²) < 4.78 is 5.62. The lowest BCUT2D eigenvalue weighted by molar-refractivity contribution is 0.150. The number of hydrogen-bond acceptors (Lipinski definition) is 3. The first-order valence-electron chi connectivity index (χ1n) is 10.9. The van der Waals surface area contributed by atoms with Gasteiger partial charge in [0, 0.05) is 67.5 Å². The molecule has 0 amide bonds. The van der Waals surface area contributed by atoms with E-state index in [-0.39, 0.29) is 0 Å². The van der Waals surface area contributed by atoms with Crippen LogP contribution < -0.4 is 4.74 Å². The topological polar surface area (TPSA) is 31.5 Å². The first-order valence-corrected chi connectivity index (χ1v) is 10.9. The Hall–Kier alpha value is -2.72. The molecule has 0 saturated carbocycles. The monoisotopic (exact) mass is 403 g/mol. The number of hydrogen-bond donors (Lipinski definition) is 1. The molecule has 158 valence electrons. The summed E-state index contributed by atoms with van der Waals surface area (Å²) in [6, 6.07) is 15.1. The molecule has 0 aliphatic carbocycles. The second kappa shape index (κ2) is 8.97. The summed E-state index contributed by atoms with van der Waals surface area (Å²) in [6.07, 6.45) is 3.02. The number of benzene rings is 2. The molecule has 1 fully saturated rings. The van der Waals surface area contributed by atoms with E-state index < -0.39 is 0 Å². The predicted molar refractivity (Wildman–Crippen MR) is 125 cm³/mol. The number of fused-ring (bicyclic) bond motifs is 1. The van der Waals surface area contributed by atoms with E-state index in [1.54, 1.807) is 7.11 Å². The van der Waals surface area contributed by atoms with Gasteiger partial charge in [-0.1, -0.05) is 50.8 Å². The van der Waals surface area contributed by atoms with Crippen molar-refractivity contribution in [2.75, 3.05) is 33.3 Å². The van der Waals surface area contributed by atoms with Gasteiger partial charge in [-0.05, 0) is 29.2 Å². The Morgan fingerprint density at radius 1 is 1.07 bits per heavy atom. The minimum absolute atomic E-state index is 0.527. The van der Waals surface area contributed by atoms with Crippen LogP contribution in [0.5, 0.6) is 5.75 Å². The Balaban J connectivity index is 1.36. The van der Waals surface area contributed by atoms with Crippen LogP contribution in [0.4, 0.5) is 0 Å². The average molecular weight is 404 g/mol. The lowest BCUT2D eigenvalue weighted by atomic mass is 10.00. The molecule has 4 heteroatoms. The fourth-order valence-corrected chi connectivity index (χ4v) is 4.35. The predicted octanol–water partition coefficient (Wildman–Crippen LogP) is 5.17. The molecule has 1 aromatic heterocycles. The van der Waals surface area contributed by atoms with Gasteiger partial charge in [0.1, 0.15) is 5.75 Å². The van der Waals surface area contributed by atoms with Crippen LogP contribution in [0.2, 0.25) is 0 Å². The molecule has 0 atom stereocenters. The van der Waals surface area contributed by atoms with Crippen LogP contribution in [0.1, 0.15) is 36.5 Å².